The van der Waals surface area contributed by atoms with Crippen molar-refractivity contribution in [2.24, 2.45) is 0 Å². The Kier molecular flexibility index (Phi) is 5.36. The first-order chi connectivity index (χ1) is 10.6. The van der Waals surface area contributed by atoms with Crippen LogP contribution in [0.1, 0.15) is 35.8 Å². The maximum atomic E-state index is 12.0. The number of carbonyl (C=O) groups is 2. The lowest BCUT2D eigenvalue weighted by atomic mass is 10.0. The maximum Gasteiger partial charge on any atom is 0.355 e. The van der Waals surface area contributed by atoms with Gasteiger partial charge in [0, 0.05) is 12.7 Å². The van der Waals surface area contributed by atoms with E-state index >= 15 is 0 Å². The van der Waals surface area contributed by atoms with Gasteiger partial charge in [0.25, 0.3) is 5.91 Å². The fraction of sp³-hybridized carbons (Fsp3) is 0.294. The summed E-state index contributed by atoms with van der Waals surface area (Å²) < 4.78 is 5.11. The number of H-pyrrole nitrogens is 1. The van der Waals surface area contributed by atoms with Crippen molar-refractivity contribution in [3.05, 3.63) is 59.9 Å². The lowest BCUT2D eigenvalue weighted by Crippen LogP contribution is -2.37. The molecule has 0 fully saturated rings. The number of amides is 1. The first kappa shape index (κ1) is 15.8. The third kappa shape index (κ3) is 4.22. The maximum absolute atomic E-state index is 12.0. The van der Waals surface area contributed by atoms with Gasteiger partial charge in [-0.25, -0.2) is 4.79 Å². The highest BCUT2D eigenvalue weighted by atomic mass is 16.5. The van der Waals surface area contributed by atoms with Crippen molar-refractivity contribution in [2.45, 2.75) is 25.9 Å². The topological polar surface area (TPSA) is 71.2 Å². The van der Waals surface area contributed by atoms with Gasteiger partial charge in [0.1, 0.15) is 5.69 Å². The highest BCUT2D eigenvalue weighted by Crippen LogP contribution is 2.13. The molecule has 116 valence electrons. The Morgan fingerprint density at radius 1 is 1.14 bits per heavy atom. The molecule has 0 unspecified atom stereocenters. The molecule has 5 heteroatoms. The number of rotatable bonds is 6. The van der Waals surface area contributed by atoms with Crippen LogP contribution in [-0.4, -0.2) is 29.5 Å². The molecule has 0 aliphatic carbocycles. The van der Waals surface area contributed by atoms with Crippen molar-refractivity contribution in [1.82, 2.24) is 10.3 Å². The monoisotopic (exact) mass is 300 g/mol. The minimum absolute atomic E-state index is 0.191. The number of hydrogen-bond donors (Lipinski definition) is 2. The Hall–Kier alpha value is -2.56. The SMILES string of the molecule is C[C@@H](OC(=O)c1ccc[nH]1)C(=O)NC[C@H](C)c1ccccc1. The Labute approximate surface area is 129 Å². The molecule has 1 aromatic carbocycles. The average Bonchev–Trinajstić information content (AvgIpc) is 3.07. The van der Waals surface area contributed by atoms with E-state index in [0.717, 1.165) is 5.56 Å². The molecular weight excluding hydrogens is 280 g/mol. The number of ether oxygens (including phenoxy) is 1. The standard InChI is InChI=1S/C17H20N2O3/c1-12(14-7-4-3-5-8-14)11-19-16(20)13(2)22-17(21)15-9-6-10-18-15/h3-10,12-13,18H,11H2,1-2H3,(H,19,20)/t12-,13+/m0/s1. The normalized spacial score (nSPS) is 13.2. The molecule has 2 N–H and O–H groups in total. The summed E-state index contributed by atoms with van der Waals surface area (Å²) in [7, 11) is 0. The number of hydrogen-bond acceptors (Lipinski definition) is 3. The predicted octanol–water partition coefficient (Wildman–Crippen LogP) is 2.48. The molecule has 22 heavy (non-hydrogen) atoms. The number of esters is 1. The van der Waals surface area contributed by atoms with E-state index in [0.29, 0.717) is 12.2 Å². The van der Waals surface area contributed by atoms with Gasteiger partial charge in [-0.2, -0.15) is 0 Å². The smallest absolute Gasteiger partial charge is 0.355 e. The average molecular weight is 300 g/mol. The van der Waals surface area contributed by atoms with Crippen LogP contribution in [0.2, 0.25) is 0 Å². The molecule has 2 aromatic rings. The largest absolute Gasteiger partial charge is 0.448 e. The highest BCUT2D eigenvalue weighted by molar-refractivity contribution is 5.90. The third-order valence-corrected chi connectivity index (χ3v) is 3.42. The summed E-state index contributed by atoms with van der Waals surface area (Å²) in [6.07, 6.45) is 0.793. The molecule has 2 atom stereocenters. The van der Waals surface area contributed by atoms with Gasteiger partial charge in [-0.05, 0) is 30.5 Å². The fourth-order valence-electron chi connectivity index (χ4n) is 2.03. The first-order valence-corrected chi connectivity index (χ1v) is 7.25. The zero-order valence-electron chi connectivity index (χ0n) is 12.7. The van der Waals surface area contributed by atoms with Crippen molar-refractivity contribution in [1.29, 1.82) is 0 Å². The molecule has 0 bridgehead atoms. The number of nitrogens with one attached hydrogen (secondary N) is 2. The third-order valence-electron chi connectivity index (χ3n) is 3.42. The quantitative estimate of drug-likeness (QED) is 0.805. The zero-order valence-corrected chi connectivity index (χ0v) is 12.7. The lowest BCUT2D eigenvalue weighted by molar-refractivity contribution is -0.129. The zero-order chi connectivity index (χ0) is 15.9. The Morgan fingerprint density at radius 2 is 1.86 bits per heavy atom. The van der Waals surface area contributed by atoms with E-state index < -0.39 is 12.1 Å². The van der Waals surface area contributed by atoms with Crippen LogP contribution in [0.25, 0.3) is 0 Å². The molecular formula is C17H20N2O3. The van der Waals surface area contributed by atoms with E-state index in [1.807, 2.05) is 37.3 Å². The van der Waals surface area contributed by atoms with Crippen LogP contribution in [0.5, 0.6) is 0 Å². The molecule has 1 aromatic heterocycles. The number of aromatic nitrogens is 1. The van der Waals surface area contributed by atoms with Crippen LogP contribution in [0.4, 0.5) is 0 Å². The Morgan fingerprint density at radius 3 is 2.50 bits per heavy atom. The van der Waals surface area contributed by atoms with Gasteiger partial charge < -0.3 is 15.0 Å². The molecule has 5 nitrogen and oxygen atoms in total. The summed E-state index contributed by atoms with van der Waals surface area (Å²) in [6.45, 7) is 4.09. The van der Waals surface area contributed by atoms with E-state index in [1.54, 1.807) is 25.3 Å². The van der Waals surface area contributed by atoms with Crippen molar-refractivity contribution < 1.29 is 14.3 Å². The molecule has 2 rings (SSSR count). The van der Waals surface area contributed by atoms with E-state index in [1.165, 1.54) is 0 Å². The minimum atomic E-state index is -0.834. The molecule has 0 saturated carbocycles. The van der Waals surface area contributed by atoms with Gasteiger partial charge in [0.15, 0.2) is 6.10 Å². The predicted molar refractivity (Wildman–Crippen MR) is 83.5 cm³/mol. The Bertz CT molecular complexity index is 608. The van der Waals surface area contributed by atoms with E-state index in [2.05, 4.69) is 10.3 Å². The fourth-order valence-corrected chi connectivity index (χ4v) is 2.03. The second kappa shape index (κ2) is 7.45. The van der Waals surface area contributed by atoms with Crippen LogP contribution >= 0.6 is 0 Å². The molecule has 0 radical (unpaired) electrons. The van der Waals surface area contributed by atoms with Crippen LogP contribution in [0.15, 0.2) is 48.7 Å². The van der Waals surface area contributed by atoms with Crippen LogP contribution < -0.4 is 5.32 Å². The van der Waals surface area contributed by atoms with Crippen LogP contribution in [-0.2, 0) is 9.53 Å². The van der Waals surface area contributed by atoms with Crippen molar-refractivity contribution in [3.8, 4) is 0 Å². The van der Waals surface area contributed by atoms with Gasteiger partial charge in [0.2, 0.25) is 0 Å². The molecule has 0 aliphatic heterocycles. The first-order valence-electron chi connectivity index (χ1n) is 7.25. The van der Waals surface area contributed by atoms with Gasteiger partial charge in [-0.1, -0.05) is 37.3 Å². The van der Waals surface area contributed by atoms with Crippen LogP contribution in [0, 0.1) is 0 Å². The van der Waals surface area contributed by atoms with Gasteiger partial charge in [0.05, 0.1) is 0 Å². The van der Waals surface area contributed by atoms with E-state index in [4.69, 9.17) is 4.74 Å². The summed E-state index contributed by atoms with van der Waals surface area (Å²) in [5, 5.41) is 2.80. The number of benzene rings is 1. The minimum Gasteiger partial charge on any atom is -0.448 e. The van der Waals surface area contributed by atoms with Gasteiger partial charge >= 0.3 is 5.97 Å². The summed E-state index contributed by atoms with van der Waals surface area (Å²) in [5.41, 5.74) is 1.48. The summed E-state index contributed by atoms with van der Waals surface area (Å²) in [4.78, 5) is 26.5. The molecule has 0 saturated heterocycles. The van der Waals surface area contributed by atoms with E-state index in [9.17, 15) is 9.59 Å². The lowest BCUT2D eigenvalue weighted by Gasteiger charge is -2.16. The molecule has 1 amide bonds. The summed E-state index contributed by atoms with van der Waals surface area (Å²) in [5.74, 6) is -0.650. The highest BCUT2D eigenvalue weighted by Gasteiger charge is 2.19. The summed E-state index contributed by atoms with van der Waals surface area (Å²) in [6, 6.07) is 13.2. The van der Waals surface area contributed by atoms with Crippen molar-refractivity contribution in [2.75, 3.05) is 6.54 Å². The number of aromatic amines is 1. The van der Waals surface area contributed by atoms with Gasteiger partial charge in [-0.15, -0.1) is 0 Å². The number of carbonyl (C=O) groups excluding carboxylic acids is 2. The Balaban J connectivity index is 1.80. The summed E-state index contributed by atoms with van der Waals surface area (Å²) >= 11 is 0. The van der Waals surface area contributed by atoms with Crippen molar-refractivity contribution >= 4 is 11.9 Å². The van der Waals surface area contributed by atoms with Crippen molar-refractivity contribution in [3.63, 3.8) is 0 Å². The molecule has 0 aliphatic rings. The molecule has 1 heterocycles. The second-order valence-corrected chi connectivity index (χ2v) is 5.19. The van der Waals surface area contributed by atoms with Crippen LogP contribution in [0.3, 0.4) is 0 Å². The second-order valence-electron chi connectivity index (χ2n) is 5.19. The van der Waals surface area contributed by atoms with Gasteiger partial charge in [-0.3, -0.25) is 4.79 Å². The van der Waals surface area contributed by atoms with E-state index in [-0.39, 0.29) is 11.8 Å². The molecule has 0 spiro atoms.